The Kier molecular flexibility index (Phi) is 7.92. The van der Waals surface area contributed by atoms with E-state index in [-0.39, 0.29) is 36.4 Å². The highest BCUT2D eigenvalue weighted by Crippen LogP contribution is 2.09. The van der Waals surface area contributed by atoms with E-state index in [1.807, 2.05) is 0 Å². The van der Waals surface area contributed by atoms with Gasteiger partial charge in [0.2, 0.25) is 11.8 Å². The van der Waals surface area contributed by atoms with Crippen LogP contribution in [-0.2, 0) is 22.4 Å². The first-order chi connectivity index (χ1) is 13.0. The Morgan fingerprint density at radius 3 is 2.00 bits per heavy atom. The van der Waals surface area contributed by atoms with Gasteiger partial charge in [-0.2, -0.15) is 0 Å². The Morgan fingerprint density at radius 1 is 0.889 bits per heavy atom. The molecule has 1 N–H and O–H groups in total. The maximum absolute atomic E-state index is 13.7. The van der Waals surface area contributed by atoms with Gasteiger partial charge in [-0.1, -0.05) is 36.4 Å². The number of amides is 2. The molecule has 0 radical (unpaired) electrons. The fourth-order valence-corrected chi connectivity index (χ4v) is 2.75. The van der Waals surface area contributed by atoms with Crippen molar-refractivity contribution in [2.75, 3.05) is 19.6 Å². The molecule has 0 heterocycles. The first-order valence-corrected chi connectivity index (χ1v) is 8.96. The fourth-order valence-electron chi connectivity index (χ4n) is 2.75. The summed E-state index contributed by atoms with van der Waals surface area (Å²) in [6, 6.07) is 12.9. The van der Waals surface area contributed by atoms with Crippen molar-refractivity contribution in [2.45, 2.75) is 26.2 Å². The molecule has 27 heavy (non-hydrogen) atoms. The Balaban J connectivity index is 1.74. The van der Waals surface area contributed by atoms with Gasteiger partial charge in [0.1, 0.15) is 11.6 Å². The summed E-state index contributed by atoms with van der Waals surface area (Å²) >= 11 is 0. The van der Waals surface area contributed by atoms with Crippen molar-refractivity contribution in [3.63, 3.8) is 0 Å². The van der Waals surface area contributed by atoms with Gasteiger partial charge in [0.15, 0.2) is 0 Å². The summed E-state index contributed by atoms with van der Waals surface area (Å²) in [5, 5.41) is 2.73. The van der Waals surface area contributed by atoms with Gasteiger partial charge in [-0.3, -0.25) is 9.59 Å². The zero-order valence-corrected chi connectivity index (χ0v) is 15.4. The molecule has 2 aromatic carbocycles. The topological polar surface area (TPSA) is 49.4 Å². The lowest BCUT2D eigenvalue weighted by Gasteiger charge is -2.21. The van der Waals surface area contributed by atoms with E-state index in [1.165, 1.54) is 24.0 Å². The van der Waals surface area contributed by atoms with Gasteiger partial charge in [-0.05, 0) is 36.1 Å². The predicted molar refractivity (Wildman–Crippen MR) is 100 cm³/mol. The standard InChI is InChI=1S/C21H24F2N2O2/c1-16(26)25(14-11-18-7-3-5-9-20(18)23)15-12-21(27)24-13-10-17-6-2-4-8-19(17)22/h2-9H,10-15H2,1H3,(H,24,27). The number of rotatable bonds is 9. The van der Waals surface area contributed by atoms with Crippen LogP contribution in [0.15, 0.2) is 48.5 Å². The molecule has 2 amide bonds. The molecule has 0 aromatic heterocycles. The Morgan fingerprint density at radius 2 is 1.44 bits per heavy atom. The molecule has 0 aliphatic carbocycles. The maximum atomic E-state index is 13.7. The first kappa shape index (κ1) is 20.6. The SMILES string of the molecule is CC(=O)N(CCC(=O)NCCc1ccccc1F)CCc1ccccc1F. The summed E-state index contributed by atoms with van der Waals surface area (Å²) in [6.45, 7) is 2.36. The third-order valence-electron chi connectivity index (χ3n) is 4.34. The number of halogens is 2. The molecule has 0 fully saturated rings. The Labute approximate surface area is 158 Å². The lowest BCUT2D eigenvalue weighted by atomic mass is 10.1. The second-order valence-corrected chi connectivity index (χ2v) is 6.29. The summed E-state index contributed by atoms with van der Waals surface area (Å²) in [6.07, 6.45) is 0.942. The minimum Gasteiger partial charge on any atom is -0.356 e. The first-order valence-electron chi connectivity index (χ1n) is 8.96. The number of hydrogen-bond acceptors (Lipinski definition) is 2. The Bertz CT molecular complexity index is 780. The number of nitrogens with one attached hydrogen (secondary N) is 1. The minimum atomic E-state index is -0.299. The summed E-state index contributed by atoms with van der Waals surface area (Å²) < 4.78 is 27.2. The van der Waals surface area contributed by atoms with Gasteiger partial charge in [0.25, 0.3) is 0 Å². The Hall–Kier alpha value is -2.76. The molecule has 0 atom stereocenters. The van der Waals surface area contributed by atoms with Crippen molar-refractivity contribution < 1.29 is 18.4 Å². The molecule has 6 heteroatoms. The van der Waals surface area contributed by atoms with Crippen LogP contribution in [0.25, 0.3) is 0 Å². The van der Waals surface area contributed by atoms with Gasteiger partial charge >= 0.3 is 0 Å². The summed E-state index contributed by atoms with van der Waals surface area (Å²) in [5.41, 5.74) is 1.09. The van der Waals surface area contributed by atoms with E-state index in [1.54, 1.807) is 36.4 Å². The summed E-state index contributed by atoms with van der Waals surface area (Å²) in [4.78, 5) is 25.3. The highest BCUT2D eigenvalue weighted by Gasteiger charge is 2.12. The third kappa shape index (κ3) is 6.81. The monoisotopic (exact) mass is 374 g/mol. The van der Waals surface area contributed by atoms with E-state index in [4.69, 9.17) is 0 Å². The molecule has 0 aliphatic heterocycles. The molecule has 4 nitrogen and oxygen atoms in total. The van der Waals surface area contributed by atoms with E-state index in [0.717, 1.165) is 0 Å². The molecule has 2 aromatic rings. The average molecular weight is 374 g/mol. The number of benzene rings is 2. The van der Waals surface area contributed by atoms with Crippen molar-refractivity contribution in [1.29, 1.82) is 0 Å². The normalized spacial score (nSPS) is 10.5. The van der Waals surface area contributed by atoms with E-state index in [2.05, 4.69) is 5.32 Å². The van der Waals surface area contributed by atoms with Crippen LogP contribution < -0.4 is 5.32 Å². The average Bonchev–Trinajstić information content (AvgIpc) is 2.64. The van der Waals surface area contributed by atoms with Crippen molar-refractivity contribution >= 4 is 11.8 Å². The molecule has 0 bridgehead atoms. The van der Waals surface area contributed by atoms with Gasteiger partial charge in [0, 0.05) is 33.0 Å². The summed E-state index contributed by atoms with van der Waals surface area (Å²) in [5.74, 6) is -0.955. The van der Waals surface area contributed by atoms with Gasteiger partial charge in [-0.25, -0.2) is 8.78 Å². The number of nitrogens with zero attached hydrogens (tertiary/aromatic N) is 1. The molecular formula is C21H24F2N2O2. The molecule has 144 valence electrons. The van der Waals surface area contributed by atoms with Gasteiger partial charge < -0.3 is 10.2 Å². The molecule has 0 aliphatic rings. The molecule has 0 saturated carbocycles. The van der Waals surface area contributed by atoms with Crippen LogP contribution >= 0.6 is 0 Å². The number of carbonyl (C=O) groups is 2. The number of carbonyl (C=O) groups excluding carboxylic acids is 2. The fraction of sp³-hybridized carbons (Fsp3) is 0.333. The molecule has 0 spiro atoms. The number of hydrogen-bond donors (Lipinski definition) is 1. The van der Waals surface area contributed by atoms with Crippen LogP contribution in [0.2, 0.25) is 0 Å². The van der Waals surface area contributed by atoms with E-state index in [0.29, 0.717) is 37.1 Å². The minimum absolute atomic E-state index is 0.147. The second kappa shape index (κ2) is 10.4. The molecule has 2 rings (SSSR count). The third-order valence-corrected chi connectivity index (χ3v) is 4.34. The quantitative estimate of drug-likeness (QED) is 0.733. The predicted octanol–water partition coefficient (Wildman–Crippen LogP) is 3.10. The van der Waals surface area contributed by atoms with Crippen LogP contribution in [0.3, 0.4) is 0 Å². The molecule has 0 unspecified atom stereocenters. The van der Waals surface area contributed by atoms with Crippen molar-refractivity contribution in [3.8, 4) is 0 Å². The van der Waals surface area contributed by atoms with Gasteiger partial charge in [-0.15, -0.1) is 0 Å². The smallest absolute Gasteiger partial charge is 0.221 e. The van der Waals surface area contributed by atoms with Crippen LogP contribution in [0.4, 0.5) is 8.78 Å². The van der Waals surface area contributed by atoms with Gasteiger partial charge in [0.05, 0.1) is 0 Å². The largest absolute Gasteiger partial charge is 0.356 e. The zero-order chi connectivity index (χ0) is 19.6. The van der Waals surface area contributed by atoms with Crippen LogP contribution in [-0.4, -0.2) is 36.3 Å². The molecule has 0 saturated heterocycles. The zero-order valence-electron chi connectivity index (χ0n) is 15.4. The van der Waals surface area contributed by atoms with Crippen molar-refractivity contribution in [3.05, 3.63) is 71.3 Å². The van der Waals surface area contributed by atoms with Crippen molar-refractivity contribution in [2.24, 2.45) is 0 Å². The van der Waals surface area contributed by atoms with E-state index in [9.17, 15) is 18.4 Å². The van der Waals surface area contributed by atoms with E-state index >= 15 is 0 Å². The van der Waals surface area contributed by atoms with Crippen LogP contribution in [0.1, 0.15) is 24.5 Å². The summed E-state index contributed by atoms with van der Waals surface area (Å²) in [7, 11) is 0. The van der Waals surface area contributed by atoms with Crippen molar-refractivity contribution in [1.82, 2.24) is 10.2 Å². The highest BCUT2D eigenvalue weighted by atomic mass is 19.1. The molecular weight excluding hydrogens is 350 g/mol. The van der Waals surface area contributed by atoms with E-state index < -0.39 is 0 Å². The highest BCUT2D eigenvalue weighted by molar-refractivity contribution is 5.78. The lowest BCUT2D eigenvalue weighted by molar-refractivity contribution is -0.129. The second-order valence-electron chi connectivity index (χ2n) is 6.29. The van der Waals surface area contributed by atoms with Crippen LogP contribution in [0, 0.1) is 11.6 Å². The maximum Gasteiger partial charge on any atom is 0.221 e. The van der Waals surface area contributed by atoms with Crippen LogP contribution in [0.5, 0.6) is 0 Å². The lowest BCUT2D eigenvalue weighted by Crippen LogP contribution is -2.35.